The van der Waals surface area contributed by atoms with E-state index in [4.69, 9.17) is 9.84 Å². The van der Waals surface area contributed by atoms with Gasteiger partial charge in [0.2, 0.25) is 0 Å². The molecule has 3 aromatic rings. The lowest BCUT2D eigenvalue weighted by Crippen LogP contribution is -2.31. The van der Waals surface area contributed by atoms with Crippen LogP contribution in [0.5, 0.6) is 5.75 Å². The zero-order chi connectivity index (χ0) is 24.8. The fourth-order valence-corrected chi connectivity index (χ4v) is 5.16. The molecule has 1 aliphatic rings. The molecule has 0 saturated carbocycles. The topological polar surface area (TPSA) is 58.6 Å². The van der Waals surface area contributed by atoms with E-state index in [-0.39, 0.29) is 11.5 Å². The third-order valence-electron chi connectivity index (χ3n) is 7.26. The third kappa shape index (κ3) is 4.18. The molecule has 0 spiro atoms. The molecule has 4 heteroatoms. The largest absolute Gasteiger partial charge is 0.486 e. The van der Waals surface area contributed by atoms with Gasteiger partial charge in [-0.3, -0.25) is 0 Å². The first kappa shape index (κ1) is 23.9. The second kappa shape index (κ2) is 8.83. The predicted octanol–water partition coefficient (Wildman–Crippen LogP) is 7.35. The summed E-state index contributed by atoms with van der Waals surface area (Å²) in [5.74, 6) is 0.740. The second-order valence-electron chi connectivity index (χ2n) is 10.3. The Morgan fingerprint density at radius 3 is 2.15 bits per heavy atom. The SMILES string of the molecule is Cc1c(C)c2c(c(C)c1NCc1ccc(C(=O)O)cc1)C(c1ccc(C(C)C)cc1)C(C)(C)O2. The highest BCUT2D eigenvalue weighted by molar-refractivity contribution is 5.87. The number of hydrogen-bond donors (Lipinski definition) is 2. The number of hydrogen-bond acceptors (Lipinski definition) is 3. The minimum atomic E-state index is -0.907. The zero-order valence-electron chi connectivity index (χ0n) is 21.2. The molecular formula is C30H35NO3. The monoisotopic (exact) mass is 457 g/mol. The molecule has 1 heterocycles. The first-order valence-corrected chi connectivity index (χ1v) is 12.0. The molecule has 1 aliphatic heterocycles. The van der Waals surface area contributed by atoms with Gasteiger partial charge < -0.3 is 15.2 Å². The van der Waals surface area contributed by atoms with Crippen LogP contribution in [0.1, 0.15) is 88.8 Å². The van der Waals surface area contributed by atoms with Crippen LogP contribution in [-0.4, -0.2) is 16.7 Å². The molecule has 0 aromatic heterocycles. The number of ether oxygens (including phenoxy) is 1. The average molecular weight is 458 g/mol. The van der Waals surface area contributed by atoms with E-state index in [9.17, 15) is 4.79 Å². The van der Waals surface area contributed by atoms with Crippen LogP contribution in [0.4, 0.5) is 5.69 Å². The molecule has 178 valence electrons. The lowest BCUT2D eigenvalue weighted by atomic mass is 9.78. The maximum Gasteiger partial charge on any atom is 0.335 e. The molecule has 0 bridgehead atoms. The summed E-state index contributed by atoms with van der Waals surface area (Å²) < 4.78 is 6.60. The Kier molecular flexibility index (Phi) is 6.20. The van der Waals surface area contributed by atoms with Crippen molar-refractivity contribution in [2.75, 3.05) is 5.32 Å². The molecule has 0 amide bonds. The number of carboxylic acids is 1. The van der Waals surface area contributed by atoms with Gasteiger partial charge in [-0.15, -0.1) is 0 Å². The van der Waals surface area contributed by atoms with Gasteiger partial charge in [-0.1, -0.05) is 50.2 Å². The fraction of sp³-hybridized carbons (Fsp3) is 0.367. The van der Waals surface area contributed by atoms with Crippen LogP contribution in [0.25, 0.3) is 0 Å². The number of carboxylic acid groups (broad SMARTS) is 1. The van der Waals surface area contributed by atoms with Gasteiger partial charge in [0, 0.05) is 17.8 Å². The van der Waals surface area contributed by atoms with E-state index in [0.29, 0.717) is 18.0 Å². The van der Waals surface area contributed by atoms with Crippen LogP contribution in [0.3, 0.4) is 0 Å². The minimum absolute atomic E-state index is 0.137. The Labute approximate surface area is 203 Å². The number of anilines is 1. The van der Waals surface area contributed by atoms with Gasteiger partial charge in [0.1, 0.15) is 11.4 Å². The van der Waals surface area contributed by atoms with E-state index in [1.54, 1.807) is 12.1 Å². The van der Waals surface area contributed by atoms with Crippen LogP contribution in [0, 0.1) is 20.8 Å². The number of rotatable bonds is 6. The van der Waals surface area contributed by atoms with Gasteiger partial charge in [0.15, 0.2) is 0 Å². The maximum absolute atomic E-state index is 11.2. The summed E-state index contributed by atoms with van der Waals surface area (Å²) in [6.45, 7) is 15.9. The highest BCUT2D eigenvalue weighted by Crippen LogP contribution is 2.53. The average Bonchev–Trinajstić information content (AvgIpc) is 3.09. The van der Waals surface area contributed by atoms with E-state index < -0.39 is 5.97 Å². The summed E-state index contributed by atoms with van der Waals surface area (Å²) in [5.41, 5.74) is 9.55. The van der Waals surface area contributed by atoms with E-state index >= 15 is 0 Å². The molecule has 0 radical (unpaired) electrons. The minimum Gasteiger partial charge on any atom is -0.486 e. The normalized spacial score (nSPS) is 16.3. The zero-order valence-corrected chi connectivity index (χ0v) is 21.2. The van der Waals surface area contributed by atoms with Gasteiger partial charge in [-0.05, 0) is 86.1 Å². The van der Waals surface area contributed by atoms with Gasteiger partial charge in [-0.2, -0.15) is 0 Å². The molecule has 0 fully saturated rings. The summed E-state index contributed by atoms with van der Waals surface area (Å²) in [6.07, 6.45) is 0. The smallest absolute Gasteiger partial charge is 0.335 e. The van der Waals surface area contributed by atoms with Crippen molar-refractivity contribution in [2.24, 2.45) is 0 Å². The summed E-state index contributed by atoms with van der Waals surface area (Å²) in [7, 11) is 0. The van der Waals surface area contributed by atoms with Crippen molar-refractivity contribution in [2.45, 2.75) is 72.4 Å². The van der Waals surface area contributed by atoms with E-state index in [0.717, 1.165) is 17.0 Å². The van der Waals surface area contributed by atoms with Gasteiger partial charge in [0.25, 0.3) is 0 Å². The summed E-state index contributed by atoms with van der Waals surface area (Å²) in [4.78, 5) is 11.2. The van der Waals surface area contributed by atoms with Crippen LogP contribution in [0.2, 0.25) is 0 Å². The Balaban J connectivity index is 1.72. The van der Waals surface area contributed by atoms with Crippen LogP contribution >= 0.6 is 0 Å². The number of nitrogens with one attached hydrogen (secondary N) is 1. The summed E-state index contributed by atoms with van der Waals surface area (Å²) in [6, 6.07) is 16.0. The standard InChI is InChI=1S/C30H35NO3/c1-17(2)22-12-14-23(15-13-22)26-25-20(5)27(18(3)19(4)28(25)34-30(26,6)7)31-16-21-8-10-24(11-9-21)29(32)33/h8-15,17,26,31H,16H2,1-7H3,(H,32,33). The van der Waals surface area contributed by atoms with Crippen LogP contribution < -0.4 is 10.1 Å². The highest BCUT2D eigenvalue weighted by atomic mass is 16.5. The molecule has 0 aliphatic carbocycles. The first-order valence-electron chi connectivity index (χ1n) is 12.0. The Bertz CT molecular complexity index is 1220. The second-order valence-corrected chi connectivity index (χ2v) is 10.3. The number of fused-ring (bicyclic) bond motifs is 1. The lowest BCUT2D eigenvalue weighted by molar-refractivity contribution is 0.0697. The van der Waals surface area contributed by atoms with Crippen molar-refractivity contribution < 1.29 is 14.6 Å². The Hall–Kier alpha value is -3.27. The Morgan fingerprint density at radius 2 is 1.59 bits per heavy atom. The predicted molar refractivity (Wildman–Crippen MR) is 138 cm³/mol. The van der Waals surface area contributed by atoms with E-state index in [2.05, 4.69) is 78.0 Å². The summed E-state index contributed by atoms with van der Waals surface area (Å²) in [5, 5.41) is 12.8. The van der Waals surface area contributed by atoms with Crippen molar-refractivity contribution in [3.63, 3.8) is 0 Å². The van der Waals surface area contributed by atoms with Crippen molar-refractivity contribution >= 4 is 11.7 Å². The van der Waals surface area contributed by atoms with Gasteiger partial charge >= 0.3 is 5.97 Å². The first-order chi connectivity index (χ1) is 16.0. The highest BCUT2D eigenvalue weighted by Gasteiger charge is 2.44. The van der Waals surface area contributed by atoms with Crippen molar-refractivity contribution in [3.8, 4) is 5.75 Å². The number of carbonyl (C=O) groups is 1. The van der Waals surface area contributed by atoms with Gasteiger partial charge in [0.05, 0.1) is 11.5 Å². The fourth-order valence-electron chi connectivity index (χ4n) is 5.16. The quantitative estimate of drug-likeness (QED) is 0.406. The molecule has 4 rings (SSSR count). The maximum atomic E-state index is 11.2. The molecule has 1 atom stereocenters. The van der Waals surface area contributed by atoms with Crippen molar-refractivity contribution in [1.82, 2.24) is 0 Å². The molecule has 3 aromatic carbocycles. The van der Waals surface area contributed by atoms with Gasteiger partial charge in [-0.25, -0.2) is 4.79 Å². The van der Waals surface area contributed by atoms with Crippen molar-refractivity contribution in [1.29, 1.82) is 0 Å². The van der Waals surface area contributed by atoms with Crippen LogP contribution in [0.15, 0.2) is 48.5 Å². The van der Waals surface area contributed by atoms with E-state index in [1.807, 2.05) is 12.1 Å². The molecule has 34 heavy (non-hydrogen) atoms. The molecular weight excluding hydrogens is 422 g/mol. The van der Waals surface area contributed by atoms with E-state index in [1.165, 1.54) is 33.4 Å². The molecule has 1 unspecified atom stereocenters. The lowest BCUT2D eigenvalue weighted by Gasteiger charge is -2.27. The Morgan fingerprint density at radius 1 is 0.971 bits per heavy atom. The number of benzene rings is 3. The van der Waals surface area contributed by atoms with Crippen molar-refractivity contribution in [3.05, 3.63) is 93.0 Å². The number of aromatic carboxylic acids is 1. The van der Waals surface area contributed by atoms with Crippen LogP contribution in [-0.2, 0) is 6.54 Å². The third-order valence-corrected chi connectivity index (χ3v) is 7.26. The molecule has 0 saturated heterocycles. The summed E-state index contributed by atoms with van der Waals surface area (Å²) >= 11 is 0. The molecule has 4 nitrogen and oxygen atoms in total. The molecule has 2 N–H and O–H groups in total.